The molecule has 0 spiro atoms. The van der Waals surface area contributed by atoms with Crippen LogP contribution in [0.4, 0.5) is 0 Å². The maximum Gasteiger partial charge on any atom is 0.0283 e. The molecule has 0 aliphatic rings. The summed E-state index contributed by atoms with van der Waals surface area (Å²) in [5, 5.41) is 0. The van der Waals surface area contributed by atoms with E-state index in [0.29, 0.717) is 0 Å². The first-order valence-corrected chi connectivity index (χ1v) is 4.31. The standard InChI is InChI=1S/C12H13/c1-4-10-7-8-11(5-2)12(6-3)9-10/h3,7,9H,4-5H2,1-2H3. The van der Waals surface area contributed by atoms with Gasteiger partial charge in [-0.3, -0.25) is 0 Å². The van der Waals surface area contributed by atoms with E-state index >= 15 is 0 Å². The van der Waals surface area contributed by atoms with Crippen LogP contribution in [-0.2, 0) is 12.8 Å². The first-order valence-electron chi connectivity index (χ1n) is 4.31. The predicted molar refractivity (Wildman–Crippen MR) is 52.0 cm³/mol. The predicted octanol–water partition coefficient (Wildman–Crippen LogP) is 2.59. The highest BCUT2D eigenvalue weighted by Crippen LogP contribution is 2.11. The van der Waals surface area contributed by atoms with Crippen LogP contribution in [0.25, 0.3) is 0 Å². The second-order valence-corrected chi connectivity index (χ2v) is 2.75. The van der Waals surface area contributed by atoms with Gasteiger partial charge >= 0.3 is 0 Å². The van der Waals surface area contributed by atoms with Crippen LogP contribution in [0.15, 0.2) is 12.1 Å². The molecule has 0 saturated heterocycles. The molecule has 0 amide bonds. The van der Waals surface area contributed by atoms with E-state index < -0.39 is 0 Å². The SMILES string of the molecule is C#Cc1cc(CC)c[c]c1CC. The monoisotopic (exact) mass is 157 g/mol. The molecule has 0 N–H and O–H groups in total. The van der Waals surface area contributed by atoms with Crippen molar-refractivity contribution in [3.63, 3.8) is 0 Å². The Morgan fingerprint density at radius 1 is 1.42 bits per heavy atom. The van der Waals surface area contributed by atoms with Crippen LogP contribution in [0, 0.1) is 18.4 Å². The summed E-state index contributed by atoms with van der Waals surface area (Å²) < 4.78 is 0. The molecule has 0 bridgehead atoms. The van der Waals surface area contributed by atoms with Gasteiger partial charge in [-0.25, -0.2) is 0 Å². The maximum atomic E-state index is 5.38. The smallest absolute Gasteiger partial charge is 0.0283 e. The average molecular weight is 157 g/mol. The van der Waals surface area contributed by atoms with Gasteiger partial charge < -0.3 is 0 Å². The Balaban J connectivity index is 3.13. The van der Waals surface area contributed by atoms with Crippen molar-refractivity contribution in [3.8, 4) is 12.3 Å². The maximum absolute atomic E-state index is 5.38. The molecule has 0 saturated carbocycles. The van der Waals surface area contributed by atoms with Gasteiger partial charge in [-0.2, -0.15) is 0 Å². The number of hydrogen-bond donors (Lipinski definition) is 0. The van der Waals surface area contributed by atoms with Crippen LogP contribution in [0.5, 0.6) is 0 Å². The first-order chi connectivity index (χ1) is 5.81. The molecular weight excluding hydrogens is 144 g/mol. The van der Waals surface area contributed by atoms with Gasteiger partial charge in [0.2, 0.25) is 0 Å². The fourth-order valence-corrected chi connectivity index (χ4v) is 1.20. The number of rotatable bonds is 2. The fourth-order valence-electron chi connectivity index (χ4n) is 1.20. The summed E-state index contributed by atoms with van der Waals surface area (Å²) in [6.07, 6.45) is 7.36. The van der Waals surface area contributed by atoms with E-state index in [1.165, 1.54) is 5.56 Å². The third kappa shape index (κ3) is 1.68. The second kappa shape index (κ2) is 3.97. The van der Waals surface area contributed by atoms with E-state index in [0.717, 1.165) is 24.0 Å². The zero-order valence-corrected chi connectivity index (χ0v) is 7.65. The highest BCUT2D eigenvalue weighted by Gasteiger charge is 1.98. The Bertz CT molecular complexity index is 302. The molecule has 61 valence electrons. The van der Waals surface area contributed by atoms with Crippen molar-refractivity contribution in [2.24, 2.45) is 0 Å². The van der Waals surface area contributed by atoms with Gasteiger partial charge in [0.15, 0.2) is 0 Å². The normalized spacial score (nSPS) is 9.42. The minimum Gasteiger partial charge on any atom is -0.115 e. The molecule has 0 aliphatic carbocycles. The van der Waals surface area contributed by atoms with Crippen molar-refractivity contribution >= 4 is 0 Å². The van der Waals surface area contributed by atoms with E-state index in [-0.39, 0.29) is 0 Å². The Morgan fingerprint density at radius 3 is 2.67 bits per heavy atom. The molecule has 0 heteroatoms. The van der Waals surface area contributed by atoms with Crippen molar-refractivity contribution in [3.05, 3.63) is 34.9 Å². The molecule has 1 aromatic rings. The molecule has 12 heavy (non-hydrogen) atoms. The lowest BCUT2D eigenvalue weighted by Gasteiger charge is -2.02. The van der Waals surface area contributed by atoms with Crippen molar-refractivity contribution < 1.29 is 0 Å². The third-order valence-corrected chi connectivity index (χ3v) is 2.00. The Morgan fingerprint density at radius 2 is 2.17 bits per heavy atom. The molecule has 0 unspecified atom stereocenters. The Labute approximate surface area is 74.6 Å². The van der Waals surface area contributed by atoms with Crippen LogP contribution in [0.3, 0.4) is 0 Å². The van der Waals surface area contributed by atoms with Crippen LogP contribution < -0.4 is 0 Å². The number of terminal acetylenes is 1. The highest BCUT2D eigenvalue weighted by atomic mass is 14.0. The van der Waals surface area contributed by atoms with Gasteiger partial charge in [-0.05, 0) is 36.1 Å². The molecular formula is C12H13. The molecule has 1 radical (unpaired) electrons. The minimum atomic E-state index is 0.962. The van der Waals surface area contributed by atoms with Crippen LogP contribution in [0.2, 0.25) is 0 Å². The van der Waals surface area contributed by atoms with Gasteiger partial charge in [0, 0.05) is 5.56 Å². The summed E-state index contributed by atoms with van der Waals surface area (Å²) in [7, 11) is 0. The van der Waals surface area contributed by atoms with E-state index in [4.69, 9.17) is 6.42 Å². The quantitative estimate of drug-likeness (QED) is 0.579. The lowest BCUT2D eigenvalue weighted by atomic mass is 10.0. The molecule has 0 heterocycles. The molecule has 1 rings (SSSR count). The van der Waals surface area contributed by atoms with Gasteiger partial charge in [-0.15, -0.1) is 6.42 Å². The largest absolute Gasteiger partial charge is 0.115 e. The van der Waals surface area contributed by atoms with Gasteiger partial charge in [0.05, 0.1) is 0 Å². The molecule has 0 fully saturated rings. The Kier molecular flexibility index (Phi) is 2.94. The van der Waals surface area contributed by atoms with Crippen LogP contribution >= 0.6 is 0 Å². The fraction of sp³-hybridized carbons (Fsp3) is 0.333. The van der Waals surface area contributed by atoms with Crippen molar-refractivity contribution in [2.75, 3.05) is 0 Å². The van der Waals surface area contributed by atoms with Crippen LogP contribution in [0.1, 0.15) is 30.5 Å². The van der Waals surface area contributed by atoms with E-state index in [1.807, 2.05) is 6.07 Å². The number of hydrogen-bond acceptors (Lipinski definition) is 0. The number of benzene rings is 1. The van der Waals surface area contributed by atoms with E-state index in [1.54, 1.807) is 0 Å². The zero-order valence-electron chi connectivity index (χ0n) is 7.65. The lowest BCUT2D eigenvalue weighted by Crippen LogP contribution is -1.90. The second-order valence-electron chi connectivity index (χ2n) is 2.75. The van der Waals surface area contributed by atoms with Crippen LogP contribution in [-0.4, -0.2) is 0 Å². The molecule has 1 aromatic carbocycles. The molecule has 0 atom stereocenters. The molecule has 0 aromatic heterocycles. The highest BCUT2D eigenvalue weighted by molar-refractivity contribution is 5.41. The molecule has 0 aliphatic heterocycles. The van der Waals surface area contributed by atoms with Crippen molar-refractivity contribution in [1.29, 1.82) is 0 Å². The zero-order chi connectivity index (χ0) is 8.97. The first kappa shape index (κ1) is 8.87. The summed E-state index contributed by atoms with van der Waals surface area (Å²) in [6.45, 7) is 4.22. The van der Waals surface area contributed by atoms with Gasteiger partial charge in [0.25, 0.3) is 0 Å². The van der Waals surface area contributed by atoms with E-state index in [9.17, 15) is 0 Å². The number of aryl methyl sites for hydroxylation is 2. The summed E-state index contributed by atoms with van der Waals surface area (Å²) in [5.41, 5.74) is 3.41. The summed E-state index contributed by atoms with van der Waals surface area (Å²) in [5.74, 6) is 2.69. The van der Waals surface area contributed by atoms with Crippen molar-refractivity contribution in [2.45, 2.75) is 26.7 Å². The van der Waals surface area contributed by atoms with Crippen molar-refractivity contribution in [1.82, 2.24) is 0 Å². The average Bonchev–Trinajstić information content (AvgIpc) is 2.16. The Hall–Kier alpha value is -1.22. The third-order valence-electron chi connectivity index (χ3n) is 2.00. The topological polar surface area (TPSA) is 0 Å². The summed E-state index contributed by atoms with van der Waals surface area (Å²) >= 11 is 0. The van der Waals surface area contributed by atoms with E-state index in [2.05, 4.69) is 31.9 Å². The lowest BCUT2D eigenvalue weighted by molar-refractivity contribution is 1.09. The summed E-state index contributed by atoms with van der Waals surface area (Å²) in [6, 6.07) is 7.32. The minimum absolute atomic E-state index is 0.962. The molecule has 0 nitrogen and oxygen atoms in total. The van der Waals surface area contributed by atoms with Gasteiger partial charge in [-0.1, -0.05) is 25.8 Å². The summed E-state index contributed by atoms with van der Waals surface area (Å²) in [4.78, 5) is 0. The van der Waals surface area contributed by atoms with Gasteiger partial charge in [0.1, 0.15) is 0 Å².